The fourth-order valence-electron chi connectivity index (χ4n) is 12.5. The molecule has 0 unspecified atom stereocenters. The van der Waals surface area contributed by atoms with Gasteiger partial charge in [-0.2, -0.15) is 0 Å². The van der Waals surface area contributed by atoms with Crippen molar-refractivity contribution in [1.29, 1.82) is 0 Å². The average molecular weight is 855 g/mol. The third-order valence-corrected chi connectivity index (χ3v) is 15.8. The Morgan fingerprint density at radius 2 is 1.71 bits per heavy atom. The molecule has 2 N–H and O–H groups in total. The molecule has 4 aromatic rings. The second-order valence-corrected chi connectivity index (χ2v) is 19.3. The van der Waals surface area contributed by atoms with Crippen LogP contribution < -0.4 is 19.7 Å². The number of amides is 3. The number of ether oxygens (including phenoxy) is 3. The van der Waals surface area contributed by atoms with Crippen LogP contribution in [0.1, 0.15) is 107 Å². The Hall–Kier alpha value is -5.46. The fraction of sp³-hybridized carbons (Fsp3) is 0.471. The second kappa shape index (κ2) is 15.7. The van der Waals surface area contributed by atoms with Gasteiger partial charge in [-0.3, -0.25) is 19.7 Å². The minimum atomic E-state index is -0.647. The summed E-state index contributed by atoms with van der Waals surface area (Å²) in [6.45, 7) is 5.95. The van der Waals surface area contributed by atoms with Gasteiger partial charge in [-0.25, -0.2) is 4.39 Å². The quantitative estimate of drug-likeness (QED) is 0.190. The molecule has 0 aromatic heterocycles. The third-order valence-electron chi connectivity index (χ3n) is 15.8. The molecule has 12 heteroatoms. The van der Waals surface area contributed by atoms with E-state index in [0.717, 1.165) is 99.2 Å². The number of imide groups is 1. The molecule has 6 heterocycles. The maximum Gasteiger partial charge on any atom is 0.255 e. The van der Waals surface area contributed by atoms with Gasteiger partial charge < -0.3 is 34.0 Å². The molecule has 0 saturated carbocycles. The lowest BCUT2D eigenvalue weighted by atomic mass is 9.69. The van der Waals surface area contributed by atoms with Gasteiger partial charge >= 0.3 is 0 Å². The normalized spacial score (nSPS) is 26.1. The first kappa shape index (κ1) is 40.3. The molecule has 0 bridgehead atoms. The van der Waals surface area contributed by atoms with Crippen LogP contribution in [0.5, 0.6) is 17.2 Å². The highest BCUT2D eigenvalue weighted by molar-refractivity contribution is 6.05. The lowest BCUT2D eigenvalue weighted by molar-refractivity contribution is -0.136. The maximum absolute atomic E-state index is 16.5. The molecule has 2 spiro atoms. The van der Waals surface area contributed by atoms with E-state index < -0.39 is 11.9 Å². The summed E-state index contributed by atoms with van der Waals surface area (Å²) < 4.78 is 35.7. The monoisotopic (exact) mass is 854 g/mol. The molecule has 11 nitrogen and oxygen atoms in total. The van der Waals surface area contributed by atoms with E-state index in [1.165, 1.54) is 11.1 Å². The number of fused-ring (bicyclic) bond motifs is 5. The number of piperidine rings is 3. The Balaban J connectivity index is 0.725. The molecule has 3 amide bonds. The number of methoxy groups -OCH3 is 1. The van der Waals surface area contributed by atoms with Crippen molar-refractivity contribution in [3.63, 3.8) is 0 Å². The molecule has 4 saturated heterocycles. The number of halogens is 1. The van der Waals surface area contributed by atoms with Crippen molar-refractivity contribution in [3.05, 3.63) is 118 Å². The fourth-order valence-corrected chi connectivity index (χ4v) is 12.5. The first-order valence-electron chi connectivity index (χ1n) is 22.9. The van der Waals surface area contributed by atoms with Gasteiger partial charge in [0.25, 0.3) is 5.91 Å². The van der Waals surface area contributed by atoms with Crippen molar-refractivity contribution in [2.45, 2.75) is 93.2 Å². The number of phenols is 1. The molecule has 0 radical (unpaired) electrons. The SMILES string of the molecule is COc1cc(N2CCC3(CC2)C[C@H](CN2CCC4(CC2)COc2c4ccc4c2CN([C@H]2CCC(=O)NC2=O)C4=O)CO3)c(F)cc1[C@@H]1c2ccc(O)cc2CC[C@@H]1c1ccccc1. The Morgan fingerprint density at radius 3 is 2.49 bits per heavy atom. The first-order chi connectivity index (χ1) is 30.6. The first-order valence-corrected chi connectivity index (χ1v) is 22.9. The zero-order chi connectivity index (χ0) is 43.0. The van der Waals surface area contributed by atoms with Gasteiger partial charge in [-0.15, -0.1) is 0 Å². The number of benzene rings is 4. The van der Waals surface area contributed by atoms with Crippen LogP contribution in [0.25, 0.3) is 0 Å². The summed E-state index contributed by atoms with van der Waals surface area (Å²) in [5.41, 5.74) is 7.16. The number of anilines is 1. The van der Waals surface area contributed by atoms with Crippen LogP contribution in [0.3, 0.4) is 0 Å². The zero-order valence-corrected chi connectivity index (χ0v) is 35.9. The number of phenolic OH excluding ortho intramolecular Hbond substituents is 1. The van der Waals surface area contributed by atoms with Gasteiger partial charge in [-0.05, 0) is 117 Å². The summed E-state index contributed by atoms with van der Waals surface area (Å²) in [7, 11) is 1.67. The Bertz CT molecular complexity index is 2480. The predicted octanol–water partition coefficient (Wildman–Crippen LogP) is 6.96. The molecule has 6 aliphatic heterocycles. The van der Waals surface area contributed by atoms with Gasteiger partial charge in [-0.1, -0.05) is 42.5 Å². The summed E-state index contributed by atoms with van der Waals surface area (Å²) in [5.74, 6) is 1.08. The van der Waals surface area contributed by atoms with E-state index in [2.05, 4.69) is 45.4 Å². The highest BCUT2D eigenvalue weighted by Crippen LogP contribution is 2.52. The highest BCUT2D eigenvalue weighted by atomic mass is 19.1. The summed E-state index contributed by atoms with van der Waals surface area (Å²) >= 11 is 0. The van der Waals surface area contributed by atoms with Crippen molar-refractivity contribution in [1.82, 2.24) is 15.1 Å². The summed E-state index contributed by atoms with van der Waals surface area (Å²) in [6, 6.07) is 23.0. The molecular formula is C51H55FN4O7. The largest absolute Gasteiger partial charge is 0.508 e. The Morgan fingerprint density at radius 1 is 0.905 bits per heavy atom. The van der Waals surface area contributed by atoms with E-state index in [9.17, 15) is 19.5 Å². The molecule has 4 aromatic carbocycles. The van der Waals surface area contributed by atoms with Gasteiger partial charge in [0.15, 0.2) is 0 Å². The number of carbonyl (C=O) groups is 3. The molecule has 63 heavy (non-hydrogen) atoms. The van der Waals surface area contributed by atoms with Crippen molar-refractivity contribution in [2.24, 2.45) is 5.92 Å². The molecule has 328 valence electrons. The van der Waals surface area contributed by atoms with Crippen LogP contribution in [0.4, 0.5) is 10.1 Å². The van der Waals surface area contributed by atoms with Crippen LogP contribution in [0.15, 0.2) is 72.8 Å². The van der Waals surface area contributed by atoms with Crippen molar-refractivity contribution < 1.29 is 38.1 Å². The number of hydrogen-bond acceptors (Lipinski definition) is 9. The Kier molecular flexibility index (Phi) is 10.0. The minimum Gasteiger partial charge on any atom is -0.508 e. The van der Waals surface area contributed by atoms with Crippen LogP contribution in [-0.2, 0) is 32.7 Å². The molecule has 7 aliphatic rings. The minimum absolute atomic E-state index is 0.100. The second-order valence-electron chi connectivity index (χ2n) is 19.3. The van der Waals surface area contributed by atoms with Crippen molar-refractivity contribution in [3.8, 4) is 17.2 Å². The molecule has 4 fully saturated rings. The van der Waals surface area contributed by atoms with Crippen molar-refractivity contribution in [2.75, 3.05) is 57.9 Å². The number of hydrogen-bond donors (Lipinski definition) is 2. The van der Waals surface area contributed by atoms with Crippen molar-refractivity contribution >= 4 is 23.4 Å². The number of nitrogens with zero attached hydrogens (tertiary/aromatic N) is 3. The molecular weight excluding hydrogens is 800 g/mol. The summed E-state index contributed by atoms with van der Waals surface area (Å²) in [6.07, 6.45) is 6.91. The summed E-state index contributed by atoms with van der Waals surface area (Å²) in [4.78, 5) is 44.2. The zero-order valence-electron chi connectivity index (χ0n) is 35.9. The molecule has 1 aliphatic carbocycles. The average Bonchev–Trinajstić information content (AvgIpc) is 3.97. The molecule has 11 rings (SSSR count). The van der Waals surface area contributed by atoms with Crippen LogP contribution in [-0.4, -0.2) is 97.3 Å². The van der Waals surface area contributed by atoms with Gasteiger partial charge in [0.1, 0.15) is 29.1 Å². The van der Waals surface area contributed by atoms with Crippen LogP contribution in [0.2, 0.25) is 0 Å². The van der Waals surface area contributed by atoms with E-state index in [-0.39, 0.29) is 52.7 Å². The lowest BCUT2D eigenvalue weighted by Gasteiger charge is -2.41. The predicted molar refractivity (Wildman–Crippen MR) is 234 cm³/mol. The van der Waals surface area contributed by atoms with Gasteiger partial charge in [0.2, 0.25) is 11.8 Å². The third kappa shape index (κ3) is 6.95. The Labute approximate surface area is 367 Å². The van der Waals surface area contributed by atoms with E-state index in [1.54, 1.807) is 24.1 Å². The van der Waals surface area contributed by atoms with E-state index >= 15 is 4.39 Å². The standard InChI is InChI=1S/C51H55FN4O7/c1-61-44-25-43(41(52)24-38(44)46-35(32-5-3-2-4-6-32)9-7-33-23-34(57)8-10-36(33)46)55-21-17-51(18-22-55)26-31(29-63-51)27-54-19-15-50(16-20-54)30-62-47-39-28-56(42-13-14-45(58)53-48(42)59)49(60)37(39)11-12-40(47)50/h2-6,8,10-12,23-25,31,35,42,46,57H,7,9,13-22,26-30H2,1H3,(H,53,58,59)/t31-,35-,42+,46+/m1/s1. The lowest BCUT2D eigenvalue weighted by Crippen LogP contribution is -2.52. The topological polar surface area (TPSA) is 121 Å². The van der Waals surface area contributed by atoms with E-state index in [4.69, 9.17) is 14.2 Å². The molecule has 4 atom stereocenters. The number of nitrogens with one attached hydrogen (secondary N) is 1. The number of rotatable bonds is 7. The number of likely N-dealkylation sites (tertiary alicyclic amines) is 1. The summed E-state index contributed by atoms with van der Waals surface area (Å²) in [5, 5.41) is 12.7. The van der Waals surface area contributed by atoms with Crippen LogP contribution >= 0.6 is 0 Å². The van der Waals surface area contributed by atoms with E-state index in [0.29, 0.717) is 55.6 Å². The van der Waals surface area contributed by atoms with E-state index in [1.807, 2.05) is 30.3 Å². The van der Waals surface area contributed by atoms with Gasteiger partial charge in [0.05, 0.1) is 38.2 Å². The van der Waals surface area contributed by atoms with Crippen LogP contribution in [0, 0.1) is 11.7 Å². The highest BCUT2D eigenvalue weighted by Gasteiger charge is 2.49. The smallest absolute Gasteiger partial charge is 0.255 e. The number of carbonyl (C=O) groups excluding carboxylic acids is 3. The maximum atomic E-state index is 16.5. The van der Waals surface area contributed by atoms with Gasteiger partial charge in [0, 0.05) is 65.7 Å². The number of aromatic hydroxyl groups is 1. The number of aryl methyl sites for hydroxylation is 1.